The molecular formula is C17H28FN3O. The zero-order valence-corrected chi connectivity index (χ0v) is 13.9. The van der Waals surface area contributed by atoms with Crippen LogP contribution in [-0.2, 0) is 6.54 Å². The van der Waals surface area contributed by atoms with E-state index in [0.29, 0.717) is 32.1 Å². The summed E-state index contributed by atoms with van der Waals surface area (Å²) in [6.45, 7) is 8.41. The summed E-state index contributed by atoms with van der Waals surface area (Å²) in [5, 5.41) is 6.29. The normalized spacial score (nSPS) is 11.4. The molecule has 0 fully saturated rings. The first-order valence-electron chi connectivity index (χ1n) is 8.01. The van der Waals surface area contributed by atoms with E-state index in [1.807, 2.05) is 13.0 Å². The van der Waals surface area contributed by atoms with Crippen molar-refractivity contribution in [1.82, 2.24) is 10.6 Å². The van der Waals surface area contributed by atoms with Gasteiger partial charge in [-0.05, 0) is 38.3 Å². The van der Waals surface area contributed by atoms with Crippen LogP contribution in [0.2, 0.25) is 0 Å². The van der Waals surface area contributed by atoms with Crippen molar-refractivity contribution in [3.05, 3.63) is 29.3 Å². The first-order chi connectivity index (χ1) is 10.7. The highest BCUT2D eigenvalue weighted by molar-refractivity contribution is 5.79. The van der Waals surface area contributed by atoms with Crippen LogP contribution in [0, 0.1) is 6.92 Å². The third-order valence-electron chi connectivity index (χ3n) is 3.04. The van der Waals surface area contributed by atoms with E-state index in [0.717, 1.165) is 24.3 Å². The minimum absolute atomic E-state index is 0.320. The molecule has 0 atom stereocenters. The van der Waals surface area contributed by atoms with Gasteiger partial charge in [0.2, 0.25) is 0 Å². The largest absolute Gasteiger partial charge is 0.493 e. The Balaban J connectivity index is 2.74. The molecule has 0 unspecified atom stereocenters. The van der Waals surface area contributed by atoms with Crippen molar-refractivity contribution in [1.29, 1.82) is 0 Å². The lowest BCUT2D eigenvalue weighted by Gasteiger charge is -2.13. The van der Waals surface area contributed by atoms with Crippen molar-refractivity contribution < 1.29 is 9.13 Å². The molecule has 0 amide bonds. The van der Waals surface area contributed by atoms with Gasteiger partial charge in [-0.2, -0.15) is 0 Å². The van der Waals surface area contributed by atoms with E-state index in [4.69, 9.17) is 4.74 Å². The van der Waals surface area contributed by atoms with E-state index in [9.17, 15) is 4.39 Å². The zero-order chi connectivity index (χ0) is 16.2. The number of ether oxygens (including phenoxy) is 1. The van der Waals surface area contributed by atoms with E-state index < -0.39 is 0 Å². The maximum Gasteiger partial charge on any atom is 0.191 e. The Morgan fingerprint density at radius 1 is 1.27 bits per heavy atom. The third-order valence-corrected chi connectivity index (χ3v) is 3.04. The highest BCUT2D eigenvalue weighted by Crippen LogP contribution is 2.21. The second-order valence-corrected chi connectivity index (χ2v) is 5.12. The maximum absolute atomic E-state index is 12.2. The first kappa shape index (κ1) is 18.3. The van der Waals surface area contributed by atoms with Gasteiger partial charge in [-0.25, -0.2) is 4.99 Å². The predicted molar refractivity (Wildman–Crippen MR) is 90.4 cm³/mol. The van der Waals surface area contributed by atoms with Crippen molar-refractivity contribution in [3.63, 3.8) is 0 Å². The lowest BCUT2D eigenvalue weighted by Crippen LogP contribution is -2.37. The minimum atomic E-state index is -0.320. The summed E-state index contributed by atoms with van der Waals surface area (Å²) in [6.07, 6.45) is 1.46. The number of rotatable bonds is 9. The van der Waals surface area contributed by atoms with Gasteiger partial charge in [-0.15, -0.1) is 0 Å². The third kappa shape index (κ3) is 6.78. The van der Waals surface area contributed by atoms with Crippen LogP contribution in [-0.4, -0.2) is 32.3 Å². The highest BCUT2D eigenvalue weighted by atomic mass is 19.1. The van der Waals surface area contributed by atoms with Gasteiger partial charge in [0.15, 0.2) is 5.96 Å². The van der Waals surface area contributed by atoms with Crippen LogP contribution in [0.25, 0.3) is 0 Å². The van der Waals surface area contributed by atoms with Crippen molar-refractivity contribution >= 4 is 5.96 Å². The molecule has 0 spiro atoms. The number of halogens is 1. The molecule has 0 aliphatic rings. The number of hydrogen-bond acceptors (Lipinski definition) is 2. The van der Waals surface area contributed by atoms with Gasteiger partial charge in [0, 0.05) is 18.7 Å². The molecule has 0 aromatic heterocycles. The predicted octanol–water partition coefficient (Wildman–Crippen LogP) is 3.20. The van der Waals surface area contributed by atoms with Crippen LogP contribution in [0.3, 0.4) is 0 Å². The second-order valence-electron chi connectivity index (χ2n) is 5.12. The second kappa shape index (κ2) is 10.9. The van der Waals surface area contributed by atoms with Crippen LogP contribution in [0.1, 0.15) is 37.8 Å². The van der Waals surface area contributed by atoms with Gasteiger partial charge >= 0.3 is 0 Å². The number of aliphatic imine (C=N–C) groups is 1. The van der Waals surface area contributed by atoms with Crippen molar-refractivity contribution in [2.45, 2.75) is 40.2 Å². The summed E-state index contributed by atoms with van der Waals surface area (Å²) in [5.74, 6) is 1.60. The van der Waals surface area contributed by atoms with Crippen molar-refractivity contribution in [2.24, 2.45) is 4.99 Å². The van der Waals surface area contributed by atoms with Crippen LogP contribution < -0.4 is 15.4 Å². The summed E-state index contributed by atoms with van der Waals surface area (Å²) in [7, 11) is 0. The summed E-state index contributed by atoms with van der Waals surface area (Å²) in [5.41, 5.74) is 2.23. The fraction of sp³-hybridized carbons (Fsp3) is 0.588. The molecule has 0 aliphatic heterocycles. The smallest absolute Gasteiger partial charge is 0.191 e. The molecule has 0 saturated heterocycles. The fourth-order valence-electron chi connectivity index (χ4n) is 1.92. The number of aryl methyl sites for hydroxylation is 1. The molecule has 0 bridgehead atoms. The van der Waals surface area contributed by atoms with E-state index >= 15 is 0 Å². The molecule has 124 valence electrons. The van der Waals surface area contributed by atoms with E-state index in [2.05, 4.69) is 41.6 Å². The minimum Gasteiger partial charge on any atom is -0.493 e. The Kier molecular flexibility index (Phi) is 9.03. The molecule has 4 nitrogen and oxygen atoms in total. The standard InChI is InChI=1S/C17H28FN3O/c1-4-11-22-16-12-14(3)7-8-15(16)13-21-17(19-5-2)20-10-6-9-18/h7-8,12H,4-6,9-11,13H2,1-3H3,(H2,19,20,21). The molecule has 1 aromatic carbocycles. The first-order valence-corrected chi connectivity index (χ1v) is 8.01. The molecule has 1 aromatic rings. The Morgan fingerprint density at radius 2 is 2.09 bits per heavy atom. The Labute approximate surface area is 133 Å². The average molecular weight is 309 g/mol. The van der Waals surface area contributed by atoms with Gasteiger partial charge in [0.25, 0.3) is 0 Å². The van der Waals surface area contributed by atoms with Crippen LogP contribution >= 0.6 is 0 Å². The van der Waals surface area contributed by atoms with Gasteiger partial charge in [-0.3, -0.25) is 4.39 Å². The van der Waals surface area contributed by atoms with Gasteiger partial charge in [0.05, 0.1) is 19.8 Å². The maximum atomic E-state index is 12.2. The van der Waals surface area contributed by atoms with Gasteiger partial charge in [0.1, 0.15) is 5.75 Å². The van der Waals surface area contributed by atoms with Gasteiger partial charge in [-0.1, -0.05) is 19.1 Å². The van der Waals surface area contributed by atoms with E-state index in [1.54, 1.807) is 0 Å². The molecule has 5 heteroatoms. The van der Waals surface area contributed by atoms with Gasteiger partial charge < -0.3 is 15.4 Å². The lowest BCUT2D eigenvalue weighted by molar-refractivity contribution is 0.314. The Hall–Kier alpha value is -1.78. The molecule has 1 rings (SSSR count). The number of alkyl halides is 1. The number of nitrogens with zero attached hydrogens (tertiary/aromatic N) is 1. The summed E-state index contributed by atoms with van der Waals surface area (Å²) < 4.78 is 18.0. The molecule has 0 aliphatic carbocycles. The van der Waals surface area contributed by atoms with Crippen LogP contribution in [0.5, 0.6) is 5.75 Å². The van der Waals surface area contributed by atoms with Crippen molar-refractivity contribution in [3.8, 4) is 5.75 Å². The number of hydrogen-bond donors (Lipinski definition) is 2. The quantitative estimate of drug-likeness (QED) is 0.418. The molecular weight excluding hydrogens is 281 g/mol. The molecule has 0 radical (unpaired) electrons. The zero-order valence-electron chi connectivity index (χ0n) is 13.9. The molecule has 2 N–H and O–H groups in total. The number of nitrogens with one attached hydrogen (secondary N) is 2. The van der Waals surface area contributed by atoms with Crippen LogP contribution in [0.15, 0.2) is 23.2 Å². The monoisotopic (exact) mass is 309 g/mol. The molecule has 0 saturated carbocycles. The van der Waals surface area contributed by atoms with E-state index in [1.165, 1.54) is 5.56 Å². The SMILES string of the molecule is CCCOc1cc(C)ccc1CN=C(NCC)NCCCF. The number of benzene rings is 1. The number of guanidine groups is 1. The summed E-state index contributed by atoms with van der Waals surface area (Å²) >= 11 is 0. The average Bonchev–Trinajstić information content (AvgIpc) is 2.52. The summed E-state index contributed by atoms with van der Waals surface area (Å²) in [6, 6.07) is 6.16. The van der Waals surface area contributed by atoms with E-state index in [-0.39, 0.29) is 6.67 Å². The Bertz CT molecular complexity index is 463. The topological polar surface area (TPSA) is 45.6 Å². The molecule has 0 heterocycles. The fourth-order valence-corrected chi connectivity index (χ4v) is 1.92. The Morgan fingerprint density at radius 3 is 2.77 bits per heavy atom. The summed E-state index contributed by atoms with van der Waals surface area (Å²) in [4.78, 5) is 4.55. The lowest BCUT2D eigenvalue weighted by atomic mass is 10.1. The molecule has 22 heavy (non-hydrogen) atoms. The van der Waals surface area contributed by atoms with Crippen LogP contribution in [0.4, 0.5) is 4.39 Å². The van der Waals surface area contributed by atoms with Crippen molar-refractivity contribution in [2.75, 3.05) is 26.4 Å². The highest BCUT2D eigenvalue weighted by Gasteiger charge is 2.05.